The van der Waals surface area contributed by atoms with E-state index < -0.39 is 23.1 Å². The summed E-state index contributed by atoms with van der Waals surface area (Å²) >= 11 is 0. The first-order valence-corrected chi connectivity index (χ1v) is 11.6. The highest BCUT2D eigenvalue weighted by atomic mass is 16.5. The summed E-state index contributed by atoms with van der Waals surface area (Å²) in [5.74, 6) is 0.564. The highest BCUT2D eigenvalue weighted by Gasteiger charge is 2.74. The second-order valence-corrected chi connectivity index (χ2v) is 10.0. The van der Waals surface area contributed by atoms with Gasteiger partial charge >= 0.3 is 5.97 Å². The van der Waals surface area contributed by atoms with Crippen LogP contribution in [0.4, 0.5) is 0 Å². The minimum atomic E-state index is -0.822. The predicted octanol–water partition coefficient (Wildman–Crippen LogP) is 2.41. The quantitative estimate of drug-likeness (QED) is 0.645. The first-order valence-electron chi connectivity index (χ1n) is 11.6. The van der Waals surface area contributed by atoms with E-state index in [0.29, 0.717) is 31.6 Å². The van der Waals surface area contributed by atoms with Crippen molar-refractivity contribution in [3.63, 3.8) is 0 Å². The zero-order chi connectivity index (χ0) is 21.4. The zero-order valence-corrected chi connectivity index (χ0v) is 17.6. The van der Waals surface area contributed by atoms with E-state index in [4.69, 9.17) is 14.6 Å². The lowest BCUT2D eigenvalue weighted by atomic mass is 9.48. The van der Waals surface area contributed by atoms with E-state index in [-0.39, 0.29) is 24.0 Å². The van der Waals surface area contributed by atoms with Crippen molar-refractivity contribution in [3.8, 4) is 11.5 Å². The maximum Gasteiger partial charge on any atom is 0.303 e. The first-order chi connectivity index (χ1) is 15.0. The van der Waals surface area contributed by atoms with E-state index in [1.54, 1.807) is 6.07 Å². The van der Waals surface area contributed by atoms with Crippen LogP contribution in [0.15, 0.2) is 12.1 Å². The summed E-state index contributed by atoms with van der Waals surface area (Å²) in [5, 5.41) is 19.7. The number of carboxylic acids is 1. The molecule has 0 radical (unpaired) electrons. The van der Waals surface area contributed by atoms with Crippen molar-refractivity contribution >= 4 is 11.8 Å². The van der Waals surface area contributed by atoms with E-state index in [0.717, 1.165) is 43.0 Å². The summed E-state index contributed by atoms with van der Waals surface area (Å²) in [7, 11) is 0. The number of hydrogen-bond donors (Lipinski definition) is 2. The number of ether oxygens (including phenoxy) is 2. The van der Waals surface area contributed by atoms with Crippen molar-refractivity contribution in [2.45, 2.75) is 74.5 Å². The highest BCUT2D eigenvalue weighted by molar-refractivity contribution is 5.90. The molecule has 2 saturated carbocycles. The third kappa shape index (κ3) is 2.59. The standard InChI is InChI=1S/C24H29NO6/c26-16-6-5-15-12-18-24(30-11-1-2-19(28)29)8-7-17(27)22-23(24,20(15)21(16)31-22)9-10-25(18)13-14-3-4-14/h5-6,14,18,22,26H,1-4,7-13H2,(H,28,29)/t18-,22+,23+,24-/m1/s1. The van der Waals surface area contributed by atoms with Gasteiger partial charge in [-0.1, -0.05) is 6.07 Å². The van der Waals surface area contributed by atoms with Gasteiger partial charge in [0.05, 0.1) is 11.0 Å². The summed E-state index contributed by atoms with van der Waals surface area (Å²) < 4.78 is 13.0. The van der Waals surface area contributed by atoms with Gasteiger partial charge in [0.1, 0.15) is 0 Å². The summed E-state index contributed by atoms with van der Waals surface area (Å²) in [6, 6.07) is 3.81. The molecule has 2 bridgehead atoms. The molecule has 0 aromatic heterocycles. The Labute approximate surface area is 181 Å². The number of phenolic OH excluding ortho intramolecular Hbond substituents is 1. The van der Waals surface area contributed by atoms with Crippen LogP contribution < -0.4 is 4.74 Å². The third-order valence-corrected chi connectivity index (χ3v) is 8.41. The number of rotatable bonds is 7. The molecule has 7 heteroatoms. The van der Waals surface area contributed by atoms with E-state index in [1.165, 1.54) is 12.8 Å². The molecule has 3 aliphatic carbocycles. The molecule has 31 heavy (non-hydrogen) atoms. The maximum absolute atomic E-state index is 13.1. The lowest BCUT2D eigenvalue weighted by Crippen LogP contribution is -2.77. The Balaban J connectivity index is 1.47. The van der Waals surface area contributed by atoms with Gasteiger partial charge in [-0.05, 0) is 62.6 Å². The number of aromatic hydroxyl groups is 1. The van der Waals surface area contributed by atoms with Crippen molar-refractivity contribution in [2.75, 3.05) is 19.7 Å². The van der Waals surface area contributed by atoms with E-state index >= 15 is 0 Å². The van der Waals surface area contributed by atoms with Gasteiger partial charge in [0, 0.05) is 37.6 Å². The van der Waals surface area contributed by atoms with E-state index in [1.807, 2.05) is 6.07 Å². The fraction of sp³-hybridized carbons (Fsp3) is 0.667. The molecule has 2 N–H and O–H groups in total. The number of aliphatic carboxylic acids is 1. The molecule has 7 nitrogen and oxygen atoms in total. The van der Waals surface area contributed by atoms with Crippen molar-refractivity contribution in [1.82, 2.24) is 4.90 Å². The minimum absolute atomic E-state index is 0.0705. The van der Waals surface area contributed by atoms with Crippen molar-refractivity contribution in [1.29, 1.82) is 0 Å². The fourth-order valence-corrected chi connectivity index (χ4v) is 7.01. The number of Topliss-reactive ketones (excluding diaryl/α,β-unsaturated/α-hetero) is 1. The summed E-state index contributed by atoms with van der Waals surface area (Å²) in [4.78, 5) is 26.7. The topological polar surface area (TPSA) is 96.3 Å². The van der Waals surface area contributed by atoms with Gasteiger partial charge in [-0.2, -0.15) is 0 Å². The third-order valence-electron chi connectivity index (χ3n) is 8.41. The lowest BCUT2D eigenvalue weighted by Gasteiger charge is -2.64. The molecule has 1 saturated heterocycles. The number of ketones is 1. The molecular formula is C24H29NO6. The predicted molar refractivity (Wildman–Crippen MR) is 110 cm³/mol. The minimum Gasteiger partial charge on any atom is -0.504 e. The van der Waals surface area contributed by atoms with Crippen LogP contribution in [0, 0.1) is 5.92 Å². The van der Waals surface area contributed by atoms with Gasteiger partial charge in [-0.15, -0.1) is 0 Å². The second kappa shape index (κ2) is 6.69. The summed E-state index contributed by atoms with van der Waals surface area (Å²) in [6.45, 7) is 2.30. The number of phenols is 1. The molecule has 5 aliphatic rings. The molecule has 2 aliphatic heterocycles. The zero-order valence-electron chi connectivity index (χ0n) is 17.6. The van der Waals surface area contributed by atoms with Gasteiger partial charge < -0.3 is 19.7 Å². The van der Waals surface area contributed by atoms with Crippen LogP contribution in [0.2, 0.25) is 0 Å². The van der Waals surface area contributed by atoms with Gasteiger partial charge in [0.25, 0.3) is 0 Å². The average Bonchev–Trinajstić information content (AvgIpc) is 3.48. The van der Waals surface area contributed by atoms with Crippen molar-refractivity contribution in [3.05, 3.63) is 23.3 Å². The molecule has 166 valence electrons. The van der Waals surface area contributed by atoms with Gasteiger partial charge in [-0.25, -0.2) is 0 Å². The molecule has 4 atom stereocenters. The Kier molecular flexibility index (Phi) is 4.22. The largest absolute Gasteiger partial charge is 0.504 e. The molecule has 1 spiro atoms. The van der Waals surface area contributed by atoms with E-state index in [2.05, 4.69) is 4.90 Å². The summed E-state index contributed by atoms with van der Waals surface area (Å²) in [5.41, 5.74) is 0.938. The van der Waals surface area contributed by atoms with Crippen molar-refractivity contribution < 1.29 is 29.3 Å². The van der Waals surface area contributed by atoms with Crippen LogP contribution in [0.5, 0.6) is 11.5 Å². The molecule has 0 unspecified atom stereocenters. The molecule has 3 fully saturated rings. The lowest BCUT2D eigenvalue weighted by molar-refractivity contribution is -0.214. The highest BCUT2D eigenvalue weighted by Crippen LogP contribution is 2.66. The molecule has 0 amide bonds. The molecule has 1 aromatic rings. The van der Waals surface area contributed by atoms with E-state index in [9.17, 15) is 14.7 Å². The first kappa shape index (κ1) is 19.6. The monoisotopic (exact) mass is 427 g/mol. The summed E-state index contributed by atoms with van der Waals surface area (Å²) in [6.07, 6.45) is 5.02. The van der Waals surface area contributed by atoms with Gasteiger partial charge in [0.15, 0.2) is 23.4 Å². The number of piperidine rings is 1. The Morgan fingerprint density at radius 1 is 1.29 bits per heavy atom. The Morgan fingerprint density at radius 2 is 2.13 bits per heavy atom. The SMILES string of the molecule is O=C(O)CCCO[C@@]12CCC(=O)[C@@H]3Oc4c(O)ccc5c4[C@@]31CCN(CC1CC1)[C@@H]2C5. The van der Waals surface area contributed by atoms with Crippen molar-refractivity contribution in [2.24, 2.45) is 5.92 Å². The number of nitrogens with zero attached hydrogens (tertiary/aromatic N) is 1. The average molecular weight is 427 g/mol. The van der Waals surface area contributed by atoms with Crippen LogP contribution in [0.3, 0.4) is 0 Å². The molecule has 6 rings (SSSR count). The fourth-order valence-electron chi connectivity index (χ4n) is 7.01. The molecule has 2 heterocycles. The van der Waals surface area contributed by atoms with Crippen LogP contribution in [-0.4, -0.2) is 64.3 Å². The smallest absolute Gasteiger partial charge is 0.303 e. The number of carboxylic acid groups (broad SMARTS) is 1. The molecular weight excluding hydrogens is 398 g/mol. The number of hydrogen-bond acceptors (Lipinski definition) is 6. The normalized spacial score (nSPS) is 35.5. The maximum atomic E-state index is 13.1. The number of carbonyl (C=O) groups is 2. The number of likely N-dealkylation sites (tertiary alicyclic amines) is 1. The number of carbonyl (C=O) groups excluding carboxylic acids is 1. The Morgan fingerprint density at radius 3 is 2.90 bits per heavy atom. The Bertz CT molecular complexity index is 958. The Hall–Kier alpha value is -2.12. The van der Waals surface area contributed by atoms with Crippen LogP contribution in [-0.2, 0) is 26.2 Å². The second-order valence-electron chi connectivity index (χ2n) is 10.0. The van der Waals surface area contributed by atoms with Crippen LogP contribution in [0.25, 0.3) is 0 Å². The van der Waals surface area contributed by atoms with Gasteiger partial charge in [-0.3, -0.25) is 14.5 Å². The van der Waals surface area contributed by atoms with Gasteiger partial charge in [0.2, 0.25) is 0 Å². The number of benzene rings is 1. The molecule has 1 aromatic carbocycles. The van der Waals surface area contributed by atoms with Crippen LogP contribution in [0.1, 0.15) is 56.1 Å². The van der Waals surface area contributed by atoms with Crippen LogP contribution >= 0.6 is 0 Å².